The Morgan fingerprint density at radius 2 is 1.90 bits per heavy atom. The lowest BCUT2D eigenvalue weighted by atomic mass is 10.0. The number of piperidine rings is 1. The first-order valence-corrected chi connectivity index (χ1v) is 7.73. The molecule has 1 N–H and O–H groups in total. The molecule has 0 amide bonds. The van der Waals surface area contributed by atoms with Gasteiger partial charge >= 0.3 is 0 Å². The van der Waals surface area contributed by atoms with Crippen molar-refractivity contribution in [3.05, 3.63) is 39.9 Å². The number of nitrogens with zero attached hydrogens (tertiary/aromatic N) is 2. The van der Waals surface area contributed by atoms with Crippen molar-refractivity contribution in [3.8, 4) is 0 Å². The number of likely N-dealkylation sites (tertiary alicyclic amines) is 1. The molecule has 5 heteroatoms. The molecule has 1 saturated heterocycles. The first kappa shape index (κ1) is 15.9. The summed E-state index contributed by atoms with van der Waals surface area (Å²) in [5, 5.41) is 14.2. The van der Waals surface area contributed by atoms with Crippen molar-refractivity contribution in [2.45, 2.75) is 39.3 Å². The minimum Gasteiger partial charge on any atom is -0.310 e. The molecule has 0 saturated carbocycles. The molecule has 0 aromatic heterocycles. The molecule has 1 fully saturated rings. The highest BCUT2D eigenvalue weighted by atomic mass is 16.6. The van der Waals surface area contributed by atoms with E-state index in [0.29, 0.717) is 6.04 Å². The zero-order chi connectivity index (χ0) is 15.2. The SMILES string of the molecule is CC(C)CN1CCC(NCc2ccc([N+](=O)[O-])cc2)CC1. The van der Waals surface area contributed by atoms with Gasteiger partial charge in [-0.25, -0.2) is 0 Å². The molecule has 0 aliphatic carbocycles. The molecule has 1 aliphatic rings. The van der Waals surface area contributed by atoms with Gasteiger partial charge in [-0.1, -0.05) is 26.0 Å². The molecule has 2 rings (SSSR count). The second kappa shape index (κ2) is 7.52. The van der Waals surface area contributed by atoms with Gasteiger partial charge in [0.2, 0.25) is 0 Å². The van der Waals surface area contributed by atoms with Crippen LogP contribution in [0.5, 0.6) is 0 Å². The number of hydrogen-bond acceptors (Lipinski definition) is 4. The van der Waals surface area contributed by atoms with Gasteiger partial charge in [0.1, 0.15) is 0 Å². The van der Waals surface area contributed by atoms with Crippen molar-refractivity contribution in [1.29, 1.82) is 0 Å². The Bertz CT molecular complexity index is 451. The van der Waals surface area contributed by atoms with Gasteiger partial charge in [0.25, 0.3) is 5.69 Å². The smallest absolute Gasteiger partial charge is 0.269 e. The van der Waals surface area contributed by atoms with Crippen LogP contribution in [-0.2, 0) is 6.54 Å². The van der Waals surface area contributed by atoms with E-state index in [1.54, 1.807) is 12.1 Å². The Labute approximate surface area is 126 Å². The predicted octanol–water partition coefficient (Wildman–Crippen LogP) is 2.80. The number of nitro groups is 1. The highest BCUT2D eigenvalue weighted by Gasteiger charge is 2.19. The van der Waals surface area contributed by atoms with E-state index < -0.39 is 0 Å². The monoisotopic (exact) mass is 291 g/mol. The number of rotatable bonds is 6. The third kappa shape index (κ3) is 5.10. The number of non-ortho nitro benzene ring substituents is 1. The van der Waals surface area contributed by atoms with Gasteiger partial charge in [-0.2, -0.15) is 0 Å². The van der Waals surface area contributed by atoms with Crippen molar-refractivity contribution < 1.29 is 4.92 Å². The number of benzene rings is 1. The Hall–Kier alpha value is -1.46. The fraction of sp³-hybridized carbons (Fsp3) is 0.625. The van der Waals surface area contributed by atoms with Gasteiger partial charge in [-0.15, -0.1) is 0 Å². The Balaban J connectivity index is 1.73. The lowest BCUT2D eigenvalue weighted by Gasteiger charge is -2.33. The maximum absolute atomic E-state index is 10.6. The van der Waals surface area contributed by atoms with Crippen molar-refractivity contribution in [2.75, 3.05) is 19.6 Å². The maximum atomic E-state index is 10.6. The van der Waals surface area contributed by atoms with Crippen LogP contribution in [0, 0.1) is 16.0 Å². The van der Waals surface area contributed by atoms with Gasteiger partial charge in [-0.05, 0) is 37.4 Å². The van der Waals surface area contributed by atoms with Crippen LogP contribution >= 0.6 is 0 Å². The van der Waals surface area contributed by atoms with Gasteiger partial charge < -0.3 is 10.2 Å². The summed E-state index contributed by atoms with van der Waals surface area (Å²) >= 11 is 0. The van der Waals surface area contributed by atoms with Crippen molar-refractivity contribution in [3.63, 3.8) is 0 Å². The quantitative estimate of drug-likeness (QED) is 0.647. The minimum absolute atomic E-state index is 0.153. The molecule has 1 aromatic carbocycles. The molecule has 116 valence electrons. The molecule has 1 aliphatic heterocycles. The molecule has 0 unspecified atom stereocenters. The summed E-state index contributed by atoms with van der Waals surface area (Å²) in [5.74, 6) is 0.731. The van der Waals surface area contributed by atoms with Gasteiger partial charge in [0.05, 0.1) is 4.92 Å². The summed E-state index contributed by atoms with van der Waals surface area (Å²) in [6.07, 6.45) is 2.36. The third-order valence-corrected chi connectivity index (χ3v) is 3.95. The Kier molecular flexibility index (Phi) is 5.70. The lowest BCUT2D eigenvalue weighted by Crippen LogP contribution is -2.43. The molecular formula is C16H25N3O2. The van der Waals surface area contributed by atoms with Crippen LogP contribution in [0.4, 0.5) is 5.69 Å². The average molecular weight is 291 g/mol. The van der Waals surface area contributed by atoms with Gasteiger partial charge in [0, 0.05) is 31.3 Å². The van der Waals surface area contributed by atoms with Crippen LogP contribution in [0.25, 0.3) is 0 Å². The van der Waals surface area contributed by atoms with E-state index in [0.717, 1.165) is 31.1 Å². The van der Waals surface area contributed by atoms with Crippen LogP contribution in [0.3, 0.4) is 0 Å². The fourth-order valence-electron chi connectivity index (χ4n) is 2.83. The summed E-state index contributed by atoms with van der Waals surface area (Å²) in [6.45, 7) is 8.83. The van der Waals surface area contributed by atoms with E-state index in [-0.39, 0.29) is 10.6 Å². The van der Waals surface area contributed by atoms with Crippen LogP contribution in [0.15, 0.2) is 24.3 Å². The van der Waals surface area contributed by atoms with Crippen LogP contribution in [0.2, 0.25) is 0 Å². The lowest BCUT2D eigenvalue weighted by molar-refractivity contribution is -0.384. The van der Waals surface area contributed by atoms with E-state index in [9.17, 15) is 10.1 Å². The number of nitro benzene ring substituents is 1. The first-order chi connectivity index (χ1) is 10.0. The molecule has 1 aromatic rings. The predicted molar refractivity (Wildman–Crippen MR) is 84.2 cm³/mol. The Morgan fingerprint density at radius 1 is 1.29 bits per heavy atom. The maximum Gasteiger partial charge on any atom is 0.269 e. The molecule has 5 nitrogen and oxygen atoms in total. The second-order valence-electron chi connectivity index (χ2n) is 6.27. The molecular weight excluding hydrogens is 266 g/mol. The molecule has 0 atom stereocenters. The van der Waals surface area contributed by atoms with Crippen molar-refractivity contribution in [1.82, 2.24) is 10.2 Å². The summed E-state index contributed by atoms with van der Waals surface area (Å²) in [7, 11) is 0. The largest absolute Gasteiger partial charge is 0.310 e. The molecule has 0 radical (unpaired) electrons. The van der Waals surface area contributed by atoms with Crippen LogP contribution in [0.1, 0.15) is 32.3 Å². The molecule has 0 spiro atoms. The average Bonchev–Trinajstić information content (AvgIpc) is 2.46. The summed E-state index contributed by atoms with van der Waals surface area (Å²) in [6, 6.07) is 7.37. The van der Waals surface area contributed by atoms with Crippen LogP contribution < -0.4 is 5.32 Å². The van der Waals surface area contributed by atoms with E-state index in [2.05, 4.69) is 24.1 Å². The van der Waals surface area contributed by atoms with Gasteiger partial charge in [0.15, 0.2) is 0 Å². The standard InChI is InChI=1S/C16H25N3O2/c1-13(2)12-18-9-7-15(8-10-18)17-11-14-3-5-16(6-4-14)19(20)21/h3-6,13,15,17H,7-12H2,1-2H3. The van der Waals surface area contributed by atoms with Crippen LogP contribution in [-0.4, -0.2) is 35.5 Å². The van der Waals surface area contributed by atoms with E-state index in [1.165, 1.54) is 19.4 Å². The zero-order valence-electron chi connectivity index (χ0n) is 12.9. The second-order valence-corrected chi connectivity index (χ2v) is 6.27. The zero-order valence-corrected chi connectivity index (χ0v) is 12.9. The van der Waals surface area contributed by atoms with Gasteiger partial charge in [-0.3, -0.25) is 10.1 Å². The Morgan fingerprint density at radius 3 is 2.43 bits per heavy atom. The topological polar surface area (TPSA) is 58.4 Å². The summed E-state index contributed by atoms with van der Waals surface area (Å²) in [4.78, 5) is 12.8. The minimum atomic E-state index is -0.359. The number of hydrogen-bond donors (Lipinski definition) is 1. The van der Waals surface area contributed by atoms with E-state index >= 15 is 0 Å². The first-order valence-electron chi connectivity index (χ1n) is 7.73. The highest BCUT2D eigenvalue weighted by Crippen LogP contribution is 2.14. The van der Waals surface area contributed by atoms with Crippen molar-refractivity contribution in [2.24, 2.45) is 5.92 Å². The summed E-state index contributed by atoms with van der Waals surface area (Å²) in [5.41, 5.74) is 1.26. The molecule has 0 bridgehead atoms. The van der Waals surface area contributed by atoms with E-state index in [4.69, 9.17) is 0 Å². The van der Waals surface area contributed by atoms with Crippen molar-refractivity contribution >= 4 is 5.69 Å². The summed E-state index contributed by atoms with van der Waals surface area (Å²) < 4.78 is 0. The highest BCUT2D eigenvalue weighted by molar-refractivity contribution is 5.32. The van der Waals surface area contributed by atoms with E-state index in [1.807, 2.05) is 12.1 Å². The third-order valence-electron chi connectivity index (χ3n) is 3.95. The molecule has 1 heterocycles. The normalized spacial score (nSPS) is 17.3. The number of nitrogens with one attached hydrogen (secondary N) is 1. The molecule has 21 heavy (non-hydrogen) atoms. The fourth-order valence-corrected chi connectivity index (χ4v) is 2.83.